The van der Waals surface area contributed by atoms with E-state index in [2.05, 4.69) is 19.2 Å². The Morgan fingerprint density at radius 3 is 2.19 bits per heavy atom. The van der Waals surface area contributed by atoms with Crippen molar-refractivity contribution in [2.24, 2.45) is 0 Å². The number of hydrogen-bond donors (Lipinski definition) is 1. The second-order valence-corrected chi connectivity index (χ2v) is 5.85. The number of hydrogen-bond acceptors (Lipinski definition) is 2. The molecule has 2 atom stereocenters. The second-order valence-electron chi connectivity index (χ2n) is 5.85. The van der Waals surface area contributed by atoms with Gasteiger partial charge in [0.25, 0.3) is 0 Å². The molecular weight excluding hydrogens is 264 g/mol. The maximum atomic E-state index is 12.6. The molecular formula is C17H24N2O2. The molecule has 1 aliphatic heterocycles. The van der Waals surface area contributed by atoms with Crippen molar-refractivity contribution >= 4 is 17.5 Å². The molecule has 4 nitrogen and oxygen atoms in total. The Labute approximate surface area is 126 Å². The first kappa shape index (κ1) is 15.5. The van der Waals surface area contributed by atoms with Crippen LogP contribution in [0.4, 0.5) is 5.69 Å². The van der Waals surface area contributed by atoms with E-state index in [0.717, 1.165) is 5.69 Å². The Balaban J connectivity index is 2.36. The number of nitrogens with zero attached hydrogens (tertiary/aromatic N) is 1. The molecule has 21 heavy (non-hydrogen) atoms. The fourth-order valence-corrected chi connectivity index (χ4v) is 2.74. The Kier molecular flexibility index (Phi) is 4.66. The summed E-state index contributed by atoms with van der Waals surface area (Å²) in [7, 11) is 0. The third kappa shape index (κ3) is 2.94. The van der Waals surface area contributed by atoms with Gasteiger partial charge in [0.15, 0.2) is 0 Å². The van der Waals surface area contributed by atoms with Crippen LogP contribution in [0.3, 0.4) is 0 Å². The number of carbonyl (C=O) groups excluding carboxylic acids is 2. The Hall–Kier alpha value is -1.84. The van der Waals surface area contributed by atoms with Crippen molar-refractivity contribution in [3.63, 3.8) is 0 Å². The van der Waals surface area contributed by atoms with E-state index in [0.29, 0.717) is 18.8 Å². The molecule has 4 heteroatoms. The summed E-state index contributed by atoms with van der Waals surface area (Å²) >= 11 is 0. The smallest absolute Gasteiger partial charge is 0.250 e. The van der Waals surface area contributed by atoms with Crippen LogP contribution in [0.2, 0.25) is 0 Å². The van der Waals surface area contributed by atoms with Crippen molar-refractivity contribution in [2.45, 2.75) is 58.5 Å². The van der Waals surface area contributed by atoms with Gasteiger partial charge >= 0.3 is 0 Å². The van der Waals surface area contributed by atoms with Gasteiger partial charge in [0, 0.05) is 5.69 Å². The van der Waals surface area contributed by atoms with Crippen LogP contribution in [0.15, 0.2) is 24.3 Å². The van der Waals surface area contributed by atoms with Gasteiger partial charge in [-0.3, -0.25) is 14.5 Å². The number of rotatable bonds is 4. The summed E-state index contributed by atoms with van der Waals surface area (Å²) in [5.41, 5.74) is 2.04. The van der Waals surface area contributed by atoms with Gasteiger partial charge in [-0.05, 0) is 36.5 Å². The summed E-state index contributed by atoms with van der Waals surface area (Å²) in [6.45, 7) is 8.11. The topological polar surface area (TPSA) is 49.4 Å². The van der Waals surface area contributed by atoms with Gasteiger partial charge in [0.1, 0.15) is 12.1 Å². The van der Waals surface area contributed by atoms with Crippen molar-refractivity contribution in [3.8, 4) is 0 Å². The summed E-state index contributed by atoms with van der Waals surface area (Å²) in [5, 5.41) is 2.82. The van der Waals surface area contributed by atoms with Gasteiger partial charge in [0.05, 0.1) is 0 Å². The molecule has 114 valence electrons. The predicted octanol–water partition coefficient (Wildman–Crippen LogP) is 2.83. The zero-order valence-electron chi connectivity index (χ0n) is 13.2. The minimum absolute atomic E-state index is 0.0127. The predicted molar refractivity (Wildman–Crippen MR) is 84.3 cm³/mol. The maximum absolute atomic E-state index is 12.6. The average Bonchev–Trinajstić information content (AvgIpc) is 2.48. The van der Waals surface area contributed by atoms with E-state index >= 15 is 0 Å². The second kappa shape index (κ2) is 6.29. The fraction of sp³-hybridized carbons (Fsp3) is 0.529. The highest BCUT2D eigenvalue weighted by Gasteiger charge is 2.39. The normalized spacial score (nSPS) is 22.6. The lowest BCUT2D eigenvalue weighted by atomic mass is 10.00. The molecule has 0 bridgehead atoms. The summed E-state index contributed by atoms with van der Waals surface area (Å²) in [4.78, 5) is 26.5. The highest BCUT2D eigenvalue weighted by atomic mass is 16.2. The number of carbonyl (C=O) groups is 2. The summed E-state index contributed by atoms with van der Waals surface area (Å²) in [6, 6.07) is 7.14. The van der Waals surface area contributed by atoms with E-state index in [1.807, 2.05) is 38.1 Å². The lowest BCUT2D eigenvalue weighted by Gasteiger charge is -2.38. The highest BCUT2D eigenvalue weighted by Crippen LogP contribution is 2.26. The molecule has 2 unspecified atom stereocenters. The molecule has 1 fully saturated rings. The number of anilines is 1. The van der Waals surface area contributed by atoms with E-state index in [9.17, 15) is 9.59 Å². The molecule has 1 N–H and O–H groups in total. The zero-order chi connectivity index (χ0) is 15.6. The van der Waals surface area contributed by atoms with Crippen LogP contribution in [0, 0.1) is 0 Å². The molecule has 1 saturated heterocycles. The van der Waals surface area contributed by atoms with Crippen LogP contribution < -0.4 is 10.2 Å². The van der Waals surface area contributed by atoms with Crippen molar-refractivity contribution in [3.05, 3.63) is 29.8 Å². The van der Waals surface area contributed by atoms with Crippen molar-refractivity contribution in [1.82, 2.24) is 5.32 Å². The van der Waals surface area contributed by atoms with E-state index in [4.69, 9.17) is 0 Å². The standard InChI is InChI=1S/C17H24N2O2/c1-5-14-17(21)19(15(6-2)16(20)18-14)13-9-7-12(8-10-13)11(3)4/h7-11,14-15H,5-6H2,1-4H3,(H,18,20). The van der Waals surface area contributed by atoms with Gasteiger partial charge in [-0.2, -0.15) is 0 Å². The van der Waals surface area contributed by atoms with Crippen LogP contribution >= 0.6 is 0 Å². The fourth-order valence-electron chi connectivity index (χ4n) is 2.74. The Bertz CT molecular complexity index is 522. The van der Waals surface area contributed by atoms with Gasteiger partial charge in [-0.15, -0.1) is 0 Å². The highest BCUT2D eigenvalue weighted by molar-refractivity contribution is 6.08. The number of nitrogens with one attached hydrogen (secondary N) is 1. The van der Waals surface area contributed by atoms with Crippen LogP contribution in [-0.4, -0.2) is 23.9 Å². The molecule has 0 aliphatic carbocycles. The van der Waals surface area contributed by atoms with Crippen LogP contribution in [0.25, 0.3) is 0 Å². The summed E-state index contributed by atoms with van der Waals surface area (Å²) in [5.74, 6) is 0.378. The number of piperazine rings is 1. The molecule has 0 spiro atoms. The first-order chi connectivity index (χ1) is 9.99. The van der Waals surface area contributed by atoms with Gasteiger partial charge < -0.3 is 5.32 Å². The van der Waals surface area contributed by atoms with E-state index < -0.39 is 12.1 Å². The molecule has 1 aromatic carbocycles. The van der Waals surface area contributed by atoms with Crippen LogP contribution in [-0.2, 0) is 9.59 Å². The molecule has 2 rings (SSSR count). The molecule has 0 saturated carbocycles. The largest absolute Gasteiger partial charge is 0.342 e. The number of amides is 2. The van der Waals surface area contributed by atoms with Crippen molar-refractivity contribution in [2.75, 3.05) is 4.90 Å². The molecule has 0 radical (unpaired) electrons. The quantitative estimate of drug-likeness (QED) is 0.926. The maximum Gasteiger partial charge on any atom is 0.250 e. The number of benzene rings is 1. The molecule has 1 aliphatic rings. The van der Waals surface area contributed by atoms with Crippen LogP contribution in [0.1, 0.15) is 52.0 Å². The molecule has 0 aromatic heterocycles. The minimum Gasteiger partial charge on any atom is -0.342 e. The minimum atomic E-state index is -0.412. The van der Waals surface area contributed by atoms with Crippen molar-refractivity contribution < 1.29 is 9.59 Å². The van der Waals surface area contributed by atoms with Crippen molar-refractivity contribution in [1.29, 1.82) is 0 Å². The van der Waals surface area contributed by atoms with Gasteiger partial charge in [0.2, 0.25) is 11.8 Å². The van der Waals surface area contributed by atoms with Crippen LogP contribution in [0.5, 0.6) is 0 Å². The Morgan fingerprint density at radius 2 is 1.71 bits per heavy atom. The monoisotopic (exact) mass is 288 g/mol. The summed E-state index contributed by atoms with van der Waals surface area (Å²) < 4.78 is 0. The summed E-state index contributed by atoms with van der Waals surface area (Å²) in [6.07, 6.45) is 1.22. The zero-order valence-corrected chi connectivity index (χ0v) is 13.2. The lowest BCUT2D eigenvalue weighted by molar-refractivity contribution is -0.134. The first-order valence-electron chi connectivity index (χ1n) is 7.73. The molecule has 1 aromatic rings. The van der Waals surface area contributed by atoms with Gasteiger partial charge in [-0.1, -0.05) is 39.8 Å². The lowest BCUT2D eigenvalue weighted by Crippen LogP contribution is -2.63. The Morgan fingerprint density at radius 1 is 1.10 bits per heavy atom. The third-order valence-electron chi connectivity index (χ3n) is 4.10. The van der Waals surface area contributed by atoms with E-state index in [1.165, 1.54) is 5.56 Å². The van der Waals surface area contributed by atoms with Gasteiger partial charge in [-0.25, -0.2) is 0 Å². The van der Waals surface area contributed by atoms with E-state index in [-0.39, 0.29) is 11.8 Å². The molecule has 1 heterocycles. The first-order valence-corrected chi connectivity index (χ1v) is 7.73. The third-order valence-corrected chi connectivity index (χ3v) is 4.10. The molecule has 2 amide bonds. The van der Waals surface area contributed by atoms with E-state index in [1.54, 1.807) is 4.90 Å². The average molecular weight is 288 g/mol. The SMILES string of the molecule is CCC1NC(=O)C(CC)N(c2ccc(C(C)C)cc2)C1=O.